The number of rotatable bonds is 4. The Hall–Kier alpha value is -0.650. The standard InChI is InChI=1S/C14H26N2O3/c1-13(2,16-7-9-19-10-8-16)12(17)15(3)11-14(18)5-4-6-14/h18H,4-11H2,1-3H3. The van der Waals surface area contributed by atoms with Crippen LogP contribution < -0.4 is 0 Å². The smallest absolute Gasteiger partial charge is 0.242 e. The van der Waals surface area contributed by atoms with Crippen molar-refractivity contribution in [3.05, 3.63) is 0 Å². The zero-order valence-electron chi connectivity index (χ0n) is 12.3. The molecule has 0 spiro atoms. The summed E-state index contributed by atoms with van der Waals surface area (Å²) in [7, 11) is 1.79. The monoisotopic (exact) mass is 270 g/mol. The van der Waals surface area contributed by atoms with Crippen LogP contribution in [0.25, 0.3) is 0 Å². The third-order valence-corrected chi connectivity index (χ3v) is 4.49. The topological polar surface area (TPSA) is 53.0 Å². The van der Waals surface area contributed by atoms with Crippen LogP contribution in [0, 0.1) is 0 Å². The molecule has 1 aliphatic carbocycles. The van der Waals surface area contributed by atoms with Crippen LogP contribution in [0.5, 0.6) is 0 Å². The number of carbonyl (C=O) groups is 1. The molecule has 0 radical (unpaired) electrons. The van der Waals surface area contributed by atoms with Crippen LogP contribution in [-0.2, 0) is 9.53 Å². The minimum Gasteiger partial charge on any atom is -0.388 e. The first-order valence-electron chi connectivity index (χ1n) is 7.16. The van der Waals surface area contributed by atoms with E-state index in [-0.39, 0.29) is 5.91 Å². The average molecular weight is 270 g/mol. The molecule has 1 amide bonds. The SMILES string of the molecule is CN(CC1(O)CCC1)C(=O)C(C)(C)N1CCOCC1. The van der Waals surface area contributed by atoms with Gasteiger partial charge in [-0.2, -0.15) is 0 Å². The fourth-order valence-electron chi connectivity index (χ4n) is 2.98. The highest BCUT2D eigenvalue weighted by atomic mass is 16.5. The average Bonchev–Trinajstić information content (AvgIpc) is 2.37. The van der Waals surface area contributed by atoms with Crippen molar-refractivity contribution in [2.45, 2.75) is 44.2 Å². The number of carbonyl (C=O) groups excluding carboxylic acids is 1. The predicted octanol–water partition coefficient (Wildman–Crippen LogP) is 0.471. The fraction of sp³-hybridized carbons (Fsp3) is 0.929. The molecule has 5 nitrogen and oxygen atoms in total. The highest BCUT2D eigenvalue weighted by Gasteiger charge is 2.41. The van der Waals surface area contributed by atoms with Gasteiger partial charge in [0, 0.05) is 26.7 Å². The summed E-state index contributed by atoms with van der Waals surface area (Å²) in [5.74, 6) is 0.0784. The Kier molecular flexibility index (Phi) is 4.18. The lowest BCUT2D eigenvalue weighted by atomic mass is 9.80. The number of nitrogens with zero attached hydrogens (tertiary/aromatic N) is 2. The Morgan fingerprint density at radius 2 is 1.95 bits per heavy atom. The normalized spacial score (nSPS) is 23.8. The van der Waals surface area contributed by atoms with Crippen molar-refractivity contribution in [3.8, 4) is 0 Å². The summed E-state index contributed by atoms with van der Waals surface area (Å²) in [5.41, 5.74) is -1.18. The molecule has 1 N–H and O–H groups in total. The van der Waals surface area contributed by atoms with Crippen LogP contribution >= 0.6 is 0 Å². The number of aliphatic hydroxyl groups is 1. The molecule has 2 fully saturated rings. The molecule has 0 atom stereocenters. The molecule has 0 bridgehead atoms. The minimum atomic E-state index is -0.647. The molecule has 1 aliphatic heterocycles. The van der Waals surface area contributed by atoms with E-state index in [1.165, 1.54) is 0 Å². The van der Waals surface area contributed by atoms with Crippen LogP contribution in [0.2, 0.25) is 0 Å². The van der Waals surface area contributed by atoms with E-state index in [9.17, 15) is 9.90 Å². The molecule has 0 aromatic rings. The second-order valence-corrected chi connectivity index (χ2v) is 6.40. The number of ether oxygens (including phenoxy) is 1. The molecule has 1 heterocycles. The largest absolute Gasteiger partial charge is 0.388 e. The third-order valence-electron chi connectivity index (χ3n) is 4.49. The molecule has 1 saturated carbocycles. The molecule has 1 saturated heterocycles. The Bertz CT molecular complexity index is 334. The second kappa shape index (κ2) is 5.38. The third kappa shape index (κ3) is 3.09. The number of likely N-dealkylation sites (N-methyl/N-ethyl adjacent to an activating group) is 1. The Morgan fingerprint density at radius 3 is 2.42 bits per heavy atom. The molecule has 5 heteroatoms. The molecule has 0 aromatic heterocycles. The maximum absolute atomic E-state index is 12.6. The van der Waals surface area contributed by atoms with Crippen molar-refractivity contribution >= 4 is 5.91 Å². The van der Waals surface area contributed by atoms with E-state index in [0.29, 0.717) is 19.8 Å². The molecule has 19 heavy (non-hydrogen) atoms. The van der Waals surface area contributed by atoms with E-state index in [1.54, 1.807) is 11.9 Å². The van der Waals surface area contributed by atoms with Crippen molar-refractivity contribution in [1.82, 2.24) is 9.80 Å². The summed E-state index contributed by atoms with van der Waals surface area (Å²) in [6.45, 7) is 7.31. The fourth-order valence-corrected chi connectivity index (χ4v) is 2.98. The van der Waals surface area contributed by atoms with E-state index < -0.39 is 11.1 Å². The van der Waals surface area contributed by atoms with Gasteiger partial charge in [0.05, 0.1) is 24.4 Å². The van der Waals surface area contributed by atoms with Gasteiger partial charge in [0.25, 0.3) is 0 Å². The molecule has 0 aromatic carbocycles. The van der Waals surface area contributed by atoms with Gasteiger partial charge in [-0.05, 0) is 33.1 Å². The van der Waals surface area contributed by atoms with Crippen molar-refractivity contribution in [1.29, 1.82) is 0 Å². The van der Waals surface area contributed by atoms with Crippen molar-refractivity contribution in [2.24, 2.45) is 0 Å². The van der Waals surface area contributed by atoms with Gasteiger partial charge in [-0.1, -0.05) is 0 Å². The van der Waals surface area contributed by atoms with E-state index in [1.807, 2.05) is 13.8 Å². The Balaban J connectivity index is 1.96. The van der Waals surface area contributed by atoms with Crippen LogP contribution in [0.15, 0.2) is 0 Å². The van der Waals surface area contributed by atoms with Gasteiger partial charge in [0.15, 0.2) is 0 Å². The van der Waals surface area contributed by atoms with Gasteiger partial charge in [0.1, 0.15) is 0 Å². The quantitative estimate of drug-likeness (QED) is 0.807. The Morgan fingerprint density at radius 1 is 1.37 bits per heavy atom. The first-order valence-corrected chi connectivity index (χ1v) is 7.16. The summed E-state index contributed by atoms with van der Waals surface area (Å²) in [6, 6.07) is 0. The second-order valence-electron chi connectivity index (χ2n) is 6.40. The van der Waals surface area contributed by atoms with Gasteiger partial charge in [0.2, 0.25) is 5.91 Å². The van der Waals surface area contributed by atoms with Gasteiger partial charge < -0.3 is 14.7 Å². The Labute approximate surface area is 115 Å². The minimum absolute atomic E-state index is 0.0784. The maximum Gasteiger partial charge on any atom is 0.242 e. The molecular formula is C14H26N2O3. The van der Waals surface area contributed by atoms with Crippen LogP contribution in [-0.4, -0.2) is 71.8 Å². The van der Waals surface area contributed by atoms with Gasteiger partial charge in [-0.3, -0.25) is 9.69 Å². The van der Waals surface area contributed by atoms with E-state index in [2.05, 4.69) is 4.90 Å². The molecule has 2 rings (SSSR count). The summed E-state index contributed by atoms with van der Waals surface area (Å²) >= 11 is 0. The van der Waals surface area contributed by atoms with E-state index in [0.717, 1.165) is 32.4 Å². The molecule has 0 unspecified atom stereocenters. The van der Waals surface area contributed by atoms with E-state index >= 15 is 0 Å². The molecular weight excluding hydrogens is 244 g/mol. The zero-order valence-corrected chi connectivity index (χ0v) is 12.3. The lowest BCUT2D eigenvalue weighted by Crippen LogP contribution is -2.60. The number of amides is 1. The summed E-state index contributed by atoms with van der Waals surface area (Å²) < 4.78 is 5.34. The van der Waals surface area contributed by atoms with Crippen molar-refractivity contribution < 1.29 is 14.6 Å². The lowest BCUT2D eigenvalue weighted by Gasteiger charge is -2.44. The van der Waals surface area contributed by atoms with Gasteiger partial charge in [-0.15, -0.1) is 0 Å². The number of hydrogen-bond donors (Lipinski definition) is 1. The first kappa shape index (κ1) is 14.8. The summed E-state index contributed by atoms with van der Waals surface area (Å²) in [5, 5.41) is 10.2. The highest BCUT2D eigenvalue weighted by molar-refractivity contribution is 5.85. The van der Waals surface area contributed by atoms with Crippen LogP contribution in [0.1, 0.15) is 33.1 Å². The van der Waals surface area contributed by atoms with Gasteiger partial charge >= 0.3 is 0 Å². The van der Waals surface area contributed by atoms with Crippen molar-refractivity contribution in [3.63, 3.8) is 0 Å². The summed E-state index contributed by atoms with van der Waals surface area (Å²) in [4.78, 5) is 16.5. The number of morpholine rings is 1. The maximum atomic E-state index is 12.6. The zero-order chi connectivity index (χ0) is 14.1. The van der Waals surface area contributed by atoms with Crippen LogP contribution in [0.3, 0.4) is 0 Å². The molecule has 110 valence electrons. The molecule has 2 aliphatic rings. The van der Waals surface area contributed by atoms with Gasteiger partial charge in [-0.25, -0.2) is 0 Å². The summed E-state index contributed by atoms with van der Waals surface area (Å²) in [6.07, 6.45) is 2.68. The van der Waals surface area contributed by atoms with E-state index in [4.69, 9.17) is 4.74 Å². The number of hydrogen-bond acceptors (Lipinski definition) is 4. The lowest BCUT2D eigenvalue weighted by molar-refractivity contribution is -0.149. The predicted molar refractivity (Wildman–Crippen MR) is 72.9 cm³/mol. The highest BCUT2D eigenvalue weighted by Crippen LogP contribution is 2.32. The van der Waals surface area contributed by atoms with Crippen molar-refractivity contribution in [2.75, 3.05) is 39.9 Å². The van der Waals surface area contributed by atoms with Crippen LogP contribution in [0.4, 0.5) is 0 Å². The first-order chi connectivity index (χ1) is 8.85.